The molecule has 0 aliphatic rings. The predicted molar refractivity (Wildman–Crippen MR) is 136 cm³/mol. The van der Waals surface area contributed by atoms with Gasteiger partial charge in [-0.3, -0.25) is 19.2 Å². The maximum absolute atomic E-state index is 13.3. The van der Waals surface area contributed by atoms with Crippen molar-refractivity contribution in [2.75, 3.05) is 0 Å². The number of nitrogens with one attached hydrogen (secondary N) is 4. The predicted octanol–water partition coefficient (Wildman–Crippen LogP) is -2.59. The molecule has 15 heteroatoms. The molecule has 2 aromatic rings. The van der Waals surface area contributed by atoms with Gasteiger partial charge in [-0.15, -0.1) is 0 Å². The number of hydrogen-bond acceptors (Lipinski definition) is 9. The standard InChI is InChI=1S/C24H33N7O8/c1-12(32)20(26)23(37)30-17(8-13-2-4-15(33)5-3-13)22(36)29-16(6-7-19(25)34)21(35)31-18(24(38)39)9-14-10-27-11-28-14/h2-5,10-12,16-18,20,32-33H,6-9,26H2,1H3,(H2,25,34)(H,27,28)(H,29,36)(H,30,37)(H,31,35)(H,38,39). The van der Waals surface area contributed by atoms with E-state index in [1.54, 1.807) is 0 Å². The van der Waals surface area contributed by atoms with Crippen LogP contribution in [0.1, 0.15) is 31.0 Å². The van der Waals surface area contributed by atoms with E-state index in [2.05, 4.69) is 25.9 Å². The summed E-state index contributed by atoms with van der Waals surface area (Å²) in [7, 11) is 0. The van der Waals surface area contributed by atoms with Crippen molar-refractivity contribution in [3.05, 3.63) is 48.0 Å². The third kappa shape index (κ3) is 10.1. The monoisotopic (exact) mass is 547 g/mol. The molecule has 15 nitrogen and oxygen atoms in total. The number of hydrogen-bond donors (Lipinski definition) is 9. The van der Waals surface area contributed by atoms with Crippen molar-refractivity contribution >= 4 is 29.6 Å². The Balaban J connectivity index is 2.25. The number of aromatic nitrogens is 2. The van der Waals surface area contributed by atoms with Gasteiger partial charge in [0.2, 0.25) is 23.6 Å². The number of phenolic OH excluding ortho intramolecular Hbond substituents is 1. The number of carboxylic acids is 1. The van der Waals surface area contributed by atoms with Crippen LogP contribution in [0.4, 0.5) is 0 Å². The molecular formula is C24H33N7O8. The minimum Gasteiger partial charge on any atom is -0.508 e. The lowest BCUT2D eigenvalue weighted by molar-refractivity contribution is -0.142. The molecule has 0 saturated carbocycles. The number of imidazole rings is 1. The molecule has 2 rings (SSSR count). The molecule has 39 heavy (non-hydrogen) atoms. The second kappa shape index (κ2) is 14.4. The highest BCUT2D eigenvalue weighted by molar-refractivity contribution is 5.94. The van der Waals surface area contributed by atoms with Gasteiger partial charge in [0.25, 0.3) is 0 Å². The Hall–Kier alpha value is -4.50. The van der Waals surface area contributed by atoms with Gasteiger partial charge < -0.3 is 47.7 Å². The number of aromatic amines is 1. The molecule has 0 aliphatic carbocycles. The van der Waals surface area contributed by atoms with Gasteiger partial charge in [-0.1, -0.05) is 12.1 Å². The number of amides is 4. The molecule has 0 bridgehead atoms. The minimum absolute atomic E-state index is 0.0220. The van der Waals surface area contributed by atoms with E-state index in [1.807, 2.05) is 0 Å². The van der Waals surface area contributed by atoms with Gasteiger partial charge in [-0.2, -0.15) is 0 Å². The number of aliphatic carboxylic acids is 1. The quantitative estimate of drug-likeness (QED) is 0.112. The molecule has 0 radical (unpaired) electrons. The molecule has 212 valence electrons. The molecular weight excluding hydrogens is 514 g/mol. The van der Waals surface area contributed by atoms with E-state index < -0.39 is 59.9 Å². The van der Waals surface area contributed by atoms with Gasteiger partial charge in [0.1, 0.15) is 29.9 Å². The summed E-state index contributed by atoms with van der Waals surface area (Å²) in [5, 5.41) is 36.0. The SMILES string of the molecule is CC(O)C(N)C(=O)NC(Cc1ccc(O)cc1)C(=O)NC(CCC(N)=O)C(=O)NC(Cc1cnc[nH]1)C(=O)O. The van der Waals surface area contributed by atoms with Crippen LogP contribution in [0, 0.1) is 0 Å². The van der Waals surface area contributed by atoms with E-state index in [4.69, 9.17) is 11.5 Å². The molecule has 4 amide bonds. The van der Waals surface area contributed by atoms with E-state index in [9.17, 15) is 39.3 Å². The number of benzene rings is 1. The van der Waals surface area contributed by atoms with Crippen molar-refractivity contribution < 1.29 is 39.3 Å². The first kappa shape index (κ1) is 30.7. The third-order valence-electron chi connectivity index (χ3n) is 5.74. The number of carboxylic acid groups (broad SMARTS) is 1. The molecule has 5 unspecified atom stereocenters. The number of carbonyl (C=O) groups excluding carboxylic acids is 4. The Kier molecular flexibility index (Phi) is 11.4. The Labute approximate surface area is 223 Å². The molecule has 0 saturated heterocycles. The number of aliphatic hydroxyl groups excluding tert-OH is 1. The zero-order chi connectivity index (χ0) is 29.1. The average molecular weight is 548 g/mol. The summed E-state index contributed by atoms with van der Waals surface area (Å²) < 4.78 is 0. The largest absolute Gasteiger partial charge is 0.508 e. The topological polar surface area (TPSA) is 263 Å². The van der Waals surface area contributed by atoms with E-state index >= 15 is 0 Å². The lowest BCUT2D eigenvalue weighted by atomic mass is 10.0. The Morgan fingerprint density at radius 1 is 0.949 bits per heavy atom. The average Bonchev–Trinajstić information content (AvgIpc) is 3.39. The first-order valence-electron chi connectivity index (χ1n) is 12.0. The van der Waals surface area contributed by atoms with E-state index in [0.717, 1.165) is 0 Å². The molecule has 5 atom stereocenters. The van der Waals surface area contributed by atoms with Crippen LogP contribution in [0.5, 0.6) is 5.75 Å². The number of nitrogens with zero attached hydrogens (tertiary/aromatic N) is 1. The Morgan fingerprint density at radius 2 is 1.54 bits per heavy atom. The number of primary amides is 1. The van der Waals surface area contributed by atoms with Crippen LogP contribution in [0.3, 0.4) is 0 Å². The number of carbonyl (C=O) groups is 5. The lowest BCUT2D eigenvalue weighted by Crippen LogP contribution is -2.58. The fourth-order valence-corrected chi connectivity index (χ4v) is 3.48. The van der Waals surface area contributed by atoms with Crippen LogP contribution in [-0.4, -0.2) is 85.2 Å². The van der Waals surface area contributed by atoms with Crippen LogP contribution < -0.4 is 27.4 Å². The molecule has 0 aliphatic heterocycles. The Morgan fingerprint density at radius 3 is 2.08 bits per heavy atom. The summed E-state index contributed by atoms with van der Waals surface area (Å²) in [6.07, 6.45) is 0.732. The highest BCUT2D eigenvalue weighted by Gasteiger charge is 2.31. The van der Waals surface area contributed by atoms with Crippen LogP contribution >= 0.6 is 0 Å². The number of H-pyrrole nitrogens is 1. The Bertz CT molecular complexity index is 1140. The van der Waals surface area contributed by atoms with Crippen LogP contribution in [0.25, 0.3) is 0 Å². The number of nitrogens with two attached hydrogens (primary N) is 2. The van der Waals surface area contributed by atoms with E-state index in [-0.39, 0.29) is 31.4 Å². The summed E-state index contributed by atoms with van der Waals surface area (Å²) in [6, 6.07) is 0.358. The van der Waals surface area contributed by atoms with Crippen molar-refractivity contribution in [3.8, 4) is 5.75 Å². The normalized spacial score (nSPS) is 14.7. The summed E-state index contributed by atoms with van der Waals surface area (Å²) >= 11 is 0. The second-order valence-corrected chi connectivity index (χ2v) is 8.94. The highest BCUT2D eigenvalue weighted by atomic mass is 16.4. The fraction of sp³-hybridized carbons (Fsp3) is 0.417. The molecule has 1 aromatic carbocycles. The molecule has 0 fully saturated rings. The van der Waals surface area contributed by atoms with Gasteiger partial charge >= 0.3 is 5.97 Å². The van der Waals surface area contributed by atoms with Gasteiger partial charge in [-0.25, -0.2) is 9.78 Å². The summed E-state index contributed by atoms with van der Waals surface area (Å²) in [6.45, 7) is 1.30. The molecule has 0 spiro atoms. The van der Waals surface area contributed by atoms with Crippen LogP contribution in [0.15, 0.2) is 36.8 Å². The first-order chi connectivity index (χ1) is 18.4. The van der Waals surface area contributed by atoms with Gasteiger partial charge in [0.05, 0.1) is 12.4 Å². The van der Waals surface area contributed by atoms with Crippen molar-refractivity contribution in [2.24, 2.45) is 11.5 Å². The highest BCUT2D eigenvalue weighted by Crippen LogP contribution is 2.12. The third-order valence-corrected chi connectivity index (χ3v) is 5.74. The zero-order valence-electron chi connectivity index (χ0n) is 21.2. The number of aromatic hydroxyl groups is 1. The number of rotatable bonds is 15. The van der Waals surface area contributed by atoms with Crippen LogP contribution in [-0.2, 0) is 36.8 Å². The minimum atomic E-state index is -1.39. The van der Waals surface area contributed by atoms with Crippen molar-refractivity contribution in [1.29, 1.82) is 0 Å². The molecule has 1 heterocycles. The maximum Gasteiger partial charge on any atom is 0.326 e. The number of aliphatic hydroxyl groups is 1. The summed E-state index contributed by atoms with van der Waals surface area (Å²) in [5.41, 5.74) is 11.9. The van der Waals surface area contributed by atoms with Gasteiger partial charge in [-0.05, 0) is 31.0 Å². The first-order valence-corrected chi connectivity index (χ1v) is 12.0. The lowest BCUT2D eigenvalue weighted by Gasteiger charge is -2.25. The zero-order valence-corrected chi connectivity index (χ0v) is 21.2. The van der Waals surface area contributed by atoms with Gasteiger partial charge in [0.15, 0.2) is 0 Å². The summed E-state index contributed by atoms with van der Waals surface area (Å²) in [4.78, 5) is 68.5. The smallest absolute Gasteiger partial charge is 0.326 e. The van der Waals surface area contributed by atoms with Crippen molar-refractivity contribution in [2.45, 2.75) is 62.9 Å². The fourth-order valence-electron chi connectivity index (χ4n) is 3.48. The van der Waals surface area contributed by atoms with Gasteiger partial charge in [0, 0.05) is 31.2 Å². The maximum atomic E-state index is 13.3. The number of phenols is 1. The second-order valence-electron chi connectivity index (χ2n) is 8.94. The van der Waals surface area contributed by atoms with E-state index in [0.29, 0.717) is 11.3 Å². The molecule has 1 aromatic heterocycles. The van der Waals surface area contributed by atoms with E-state index in [1.165, 1.54) is 43.7 Å². The van der Waals surface area contributed by atoms with Crippen molar-refractivity contribution in [1.82, 2.24) is 25.9 Å². The molecule has 11 N–H and O–H groups in total. The van der Waals surface area contributed by atoms with Crippen LogP contribution in [0.2, 0.25) is 0 Å². The van der Waals surface area contributed by atoms with Crippen molar-refractivity contribution in [3.63, 3.8) is 0 Å². The summed E-state index contributed by atoms with van der Waals surface area (Å²) in [5.74, 6) is -4.71.